The average Bonchev–Trinajstić information content (AvgIpc) is 2.89. The highest BCUT2D eigenvalue weighted by Crippen LogP contribution is 2.31. The molecule has 1 fully saturated rings. The molecule has 2 atom stereocenters. The summed E-state index contributed by atoms with van der Waals surface area (Å²) in [4.78, 5) is 23.4. The van der Waals surface area contributed by atoms with Crippen molar-refractivity contribution in [1.82, 2.24) is 20.4 Å². The molecule has 2 aromatic rings. The summed E-state index contributed by atoms with van der Waals surface area (Å²) < 4.78 is 7.37. The summed E-state index contributed by atoms with van der Waals surface area (Å²) in [5.74, 6) is -1.41. The van der Waals surface area contributed by atoms with Gasteiger partial charge in [-0.05, 0) is 30.7 Å². The molecule has 1 aliphatic heterocycles. The van der Waals surface area contributed by atoms with Gasteiger partial charge < -0.3 is 20.5 Å². The Morgan fingerprint density at radius 2 is 2.14 bits per heavy atom. The van der Waals surface area contributed by atoms with E-state index in [1.165, 1.54) is 10.7 Å². The topological polar surface area (TPSA) is 105 Å². The zero-order valence-corrected chi connectivity index (χ0v) is 17.3. The van der Waals surface area contributed by atoms with Crippen molar-refractivity contribution in [2.24, 2.45) is 5.92 Å². The van der Waals surface area contributed by atoms with Crippen LogP contribution in [-0.2, 0) is 16.1 Å². The zero-order chi connectivity index (χ0) is 21.0. The molecule has 0 saturated carbocycles. The Morgan fingerprint density at radius 1 is 1.34 bits per heavy atom. The normalized spacial score (nSPS) is 19.6. The molecule has 0 aliphatic carbocycles. The standard InChI is InChI=1S/C19H22Cl2N4O4/c1-11-6-16(19(27)28)24-25(11)10-17(26)23-9-13-8-22-4-5-29-18(13)12-2-3-14(20)15(21)7-12/h2-3,6-7,13,18,22H,4-5,8-10H2,1H3,(H,23,26)(H,27,28)/t13-,18-/m0/s1. The molecule has 8 nitrogen and oxygen atoms in total. The van der Waals surface area contributed by atoms with Gasteiger partial charge in [-0.3, -0.25) is 9.48 Å². The lowest BCUT2D eigenvalue weighted by Gasteiger charge is -2.25. The van der Waals surface area contributed by atoms with Gasteiger partial charge >= 0.3 is 5.97 Å². The Kier molecular flexibility index (Phi) is 7.13. The molecule has 3 N–H and O–H groups in total. The van der Waals surface area contributed by atoms with Crippen LogP contribution in [0.2, 0.25) is 10.0 Å². The molecule has 0 unspecified atom stereocenters. The molecule has 1 aromatic heterocycles. The molecule has 1 amide bonds. The number of hydrogen-bond acceptors (Lipinski definition) is 5. The third-order valence-corrected chi connectivity index (χ3v) is 5.48. The molecule has 29 heavy (non-hydrogen) atoms. The molecule has 1 aliphatic rings. The minimum atomic E-state index is -1.13. The number of rotatable bonds is 6. The summed E-state index contributed by atoms with van der Waals surface area (Å²) in [6.07, 6.45) is -0.245. The number of carboxylic acids is 1. The number of aryl methyl sites for hydroxylation is 1. The first-order valence-electron chi connectivity index (χ1n) is 9.17. The van der Waals surface area contributed by atoms with Crippen molar-refractivity contribution < 1.29 is 19.4 Å². The van der Waals surface area contributed by atoms with Crippen molar-refractivity contribution >= 4 is 35.1 Å². The van der Waals surface area contributed by atoms with Crippen LogP contribution in [0.25, 0.3) is 0 Å². The average molecular weight is 441 g/mol. The molecule has 0 radical (unpaired) electrons. The molecule has 3 rings (SSSR count). The Morgan fingerprint density at radius 3 is 2.83 bits per heavy atom. The maximum atomic E-state index is 12.4. The van der Waals surface area contributed by atoms with Gasteiger partial charge in [0.25, 0.3) is 0 Å². The van der Waals surface area contributed by atoms with E-state index in [2.05, 4.69) is 15.7 Å². The van der Waals surface area contributed by atoms with Crippen molar-refractivity contribution in [3.63, 3.8) is 0 Å². The van der Waals surface area contributed by atoms with Crippen LogP contribution in [-0.4, -0.2) is 53.0 Å². The molecule has 2 heterocycles. The Labute approximate surface area is 178 Å². The van der Waals surface area contributed by atoms with Gasteiger partial charge in [0.2, 0.25) is 5.91 Å². The maximum Gasteiger partial charge on any atom is 0.356 e. The van der Waals surface area contributed by atoms with E-state index >= 15 is 0 Å². The molecular weight excluding hydrogens is 419 g/mol. The Bertz CT molecular complexity index is 902. The fourth-order valence-electron chi connectivity index (χ4n) is 3.24. The molecule has 156 valence electrons. The van der Waals surface area contributed by atoms with E-state index in [4.69, 9.17) is 33.0 Å². The van der Waals surface area contributed by atoms with Gasteiger partial charge in [0, 0.05) is 31.2 Å². The van der Waals surface area contributed by atoms with Crippen LogP contribution in [0.3, 0.4) is 0 Å². The molecule has 1 saturated heterocycles. The van der Waals surface area contributed by atoms with E-state index in [0.29, 0.717) is 42.0 Å². The number of nitrogens with zero attached hydrogens (tertiary/aromatic N) is 2. The number of halogens is 2. The highest BCUT2D eigenvalue weighted by Gasteiger charge is 2.27. The monoisotopic (exact) mass is 440 g/mol. The van der Waals surface area contributed by atoms with Gasteiger partial charge in [-0.25, -0.2) is 4.79 Å². The smallest absolute Gasteiger partial charge is 0.356 e. The highest BCUT2D eigenvalue weighted by molar-refractivity contribution is 6.42. The molecule has 0 bridgehead atoms. The van der Waals surface area contributed by atoms with Gasteiger partial charge in [0.1, 0.15) is 6.54 Å². The minimum absolute atomic E-state index is 0.0213. The summed E-state index contributed by atoms with van der Waals surface area (Å²) >= 11 is 12.2. The number of carboxylic acid groups (broad SMARTS) is 1. The molecule has 1 aromatic carbocycles. The van der Waals surface area contributed by atoms with Crippen LogP contribution in [0.15, 0.2) is 24.3 Å². The van der Waals surface area contributed by atoms with Crippen LogP contribution >= 0.6 is 23.2 Å². The van der Waals surface area contributed by atoms with Gasteiger partial charge in [-0.2, -0.15) is 5.10 Å². The lowest BCUT2D eigenvalue weighted by molar-refractivity contribution is -0.122. The van der Waals surface area contributed by atoms with E-state index in [1.54, 1.807) is 19.1 Å². The van der Waals surface area contributed by atoms with Gasteiger partial charge in [0.15, 0.2) is 5.69 Å². The van der Waals surface area contributed by atoms with Crippen molar-refractivity contribution in [3.8, 4) is 0 Å². The highest BCUT2D eigenvalue weighted by atomic mass is 35.5. The first-order valence-corrected chi connectivity index (χ1v) is 9.92. The third kappa shape index (κ3) is 5.48. The van der Waals surface area contributed by atoms with Crippen LogP contribution < -0.4 is 10.6 Å². The molecule has 10 heteroatoms. The van der Waals surface area contributed by atoms with Crippen LogP contribution in [0.4, 0.5) is 0 Å². The Balaban J connectivity index is 1.65. The van der Waals surface area contributed by atoms with Gasteiger partial charge in [-0.15, -0.1) is 0 Å². The number of carbonyl (C=O) groups excluding carboxylic acids is 1. The summed E-state index contributed by atoms with van der Waals surface area (Å²) in [5.41, 5.74) is 1.42. The minimum Gasteiger partial charge on any atom is -0.476 e. The SMILES string of the molecule is Cc1cc(C(=O)O)nn1CC(=O)NC[C@@H]1CNCCO[C@H]1c1ccc(Cl)c(Cl)c1. The summed E-state index contributed by atoms with van der Waals surface area (Å²) in [6, 6.07) is 6.82. The molecule has 0 spiro atoms. The van der Waals surface area contributed by atoms with E-state index < -0.39 is 5.97 Å². The quantitative estimate of drug-likeness (QED) is 0.636. The number of hydrogen-bond donors (Lipinski definition) is 3. The van der Waals surface area contributed by atoms with Crippen molar-refractivity contribution in [2.75, 3.05) is 26.2 Å². The fourth-order valence-corrected chi connectivity index (χ4v) is 3.54. The predicted molar refractivity (Wildman–Crippen MR) is 108 cm³/mol. The van der Waals surface area contributed by atoms with E-state index in [0.717, 1.165) is 5.56 Å². The number of amides is 1. The lowest BCUT2D eigenvalue weighted by atomic mass is 9.95. The largest absolute Gasteiger partial charge is 0.476 e. The summed E-state index contributed by atoms with van der Waals surface area (Å²) in [7, 11) is 0. The number of aromatic carboxylic acids is 1. The summed E-state index contributed by atoms with van der Waals surface area (Å²) in [6.45, 7) is 3.94. The van der Waals surface area contributed by atoms with E-state index in [1.807, 2.05) is 6.07 Å². The van der Waals surface area contributed by atoms with E-state index in [9.17, 15) is 9.59 Å². The van der Waals surface area contributed by atoms with Crippen LogP contribution in [0.5, 0.6) is 0 Å². The van der Waals surface area contributed by atoms with Gasteiger partial charge in [-0.1, -0.05) is 29.3 Å². The van der Waals surface area contributed by atoms with Gasteiger partial charge in [0.05, 0.1) is 22.8 Å². The van der Waals surface area contributed by atoms with E-state index in [-0.39, 0.29) is 30.2 Å². The third-order valence-electron chi connectivity index (χ3n) is 4.74. The Hall–Kier alpha value is -2.13. The second kappa shape index (κ2) is 9.58. The fraction of sp³-hybridized carbons (Fsp3) is 0.421. The van der Waals surface area contributed by atoms with Crippen LogP contribution in [0, 0.1) is 12.8 Å². The molecular formula is C19H22Cl2N4O4. The number of nitrogens with one attached hydrogen (secondary N) is 2. The first kappa shape index (κ1) is 21.6. The van der Waals surface area contributed by atoms with Crippen molar-refractivity contribution in [3.05, 3.63) is 51.3 Å². The number of ether oxygens (including phenoxy) is 1. The second-order valence-electron chi connectivity index (χ2n) is 6.87. The number of benzene rings is 1. The van der Waals surface area contributed by atoms with Crippen molar-refractivity contribution in [1.29, 1.82) is 0 Å². The summed E-state index contributed by atoms with van der Waals surface area (Å²) in [5, 5.41) is 20.1. The zero-order valence-electron chi connectivity index (χ0n) is 15.8. The number of carbonyl (C=O) groups is 2. The lowest BCUT2D eigenvalue weighted by Crippen LogP contribution is -2.38. The first-order chi connectivity index (χ1) is 13.8. The number of aromatic nitrogens is 2. The second-order valence-corrected chi connectivity index (χ2v) is 7.68. The van der Waals surface area contributed by atoms with Crippen LogP contribution in [0.1, 0.15) is 27.8 Å². The predicted octanol–water partition coefficient (Wildman–Crippen LogP) is 2.29. The maximum absolute atomic E-state index is 12.4. The van der Waals surface area contributed by atoms with Crippen molar-refractivity contribution in [2.45, 2.75) is 19.6 Å².